The van der Waals surface area contributed by atoms with Crippen LogP contribution in [-0.2, 0) is 0 Å². The Morgan fingerprint density at radius 1 is 1.31 bits per heavy atom. The summed E-state index contributed by atoms with van der Waals surface area (Å²) in [5.41, 5.74) is -0.301. The maximum Gasteiger partial charge on any atom is 0.122 e. The molecular formula is C13H25N3. The SMILES string of the molecule is CCCN(CCC)CC(C#N)(NC)C1CC1. The van der Waals surface area contributed by atoms with E-state index in [1.807, 2.05) is 7.05 Å². The minimum absolute atomic E-state index is 0.301. The summed E-state index contributed by atoms with van der Waals surface area (Å²) in [6, 6.07) is 2.52. The molecular weight excluding hydrogens is 198 g/mol. The van der Waals surface area contributed by atoms with Gasteiger partial charge in [0.25, 0.3) is 0 Å². The summed E-state index contributed by atoms with van der Waals surface area (Å²) in [6.45, 7) is 7.49. The van der Waals surface area contributed by atoms with Crippen LogP contribution in [0.15, 0.2) is 0 Å². The third-order valence-electron chi connectivity index (χ3n) is 3.47. The molecule has 3 nitrogen and oxygen atoms in total. The van der Waals surface area contributed by atoms with E-state index in [-0.39, 0.29) is 5.54 Å². The lowest BCUT2D eigenvalue weighted by atomic mass is 9.94. The Kier molecular flexibility index (Phi) is 5.24. The third kappa shape index (κ3) is 3.20. The molecule has 16 heavy (non-hydrogen) atoms. The lowest BCUT2D eigenvalue weighted by Gasteiger charge is -2.33. The first-order chi connectivity index (χ1) is 7.72. The average Bonchev–Trinajstić information content (AvgIpc) is 3.11. The van der Waals surface area contributed by atoms with Gasteiger partial charge in [0.15, 0.2) is 0 Å². The van der Waals surface area contributed by atoms with Gasteiger partial charge >= 0.3 is 0 Å². The van der Waals surface area contributed by atoms with Crippen LogP contribution in [0, 0.1) is 17.2 Å². The van der Waals surface area contributed by atoms with Gasteiger partial charge in [-0.1, -0.05) is 13.8 Å². The van der Waals surface area contributed by atoms with Gasteiger partial charge in [0.2, 0.25) is 0 Å². The number of nitrogens with zero attached hydrogens (tertiary/aromatic N) is 2. The number of nitrogens with one attached hydrogen (secondary N) is 1. The minimum atomic E-state index is -0.301. The second-order valence-electron chi connectivity index (χ2n) is 4.88. The van der Waals surface area contributed by atoms with Crippen LogP contribution < -0.4 is 5.32 Å². The van der Waals surface area contributed by atoms with Gasteiger partial charge in [0, 0.05) is 6.54 Å². The zero-order chi connectivity index (χ0) is 12.0. The van der Waals surface area contributed by atoms with Crippen LogP contribution in [-0.4, -0.2) is 37.1 Å². The molecule has 3 heteroatoms. The van der Waals surface area contributed by atoms with Gasteiger partial charge in [-0.15, -0.1) is 0 Å². The number of hydrogen-bond acceptors (Lipinski definition) is 3. The van der Waals surface area contributed by atoms with Crippen LogP contribution >= 0.6 is 0 Å². The van der Waals surface area contributed by atoms with E-state index < -0.39 is 0 Å². The second-order valence-corrected chi connectivity index (χ2v) is 4.88. The fourth-order valence-corrected chi connectivity index (χ4v) is 2.43. The van der Waals surface area contributed by atoms with Crippen LogP contribution in [0.25, 0.3) is 0 Å². The topological polar surface area (TPSA) is 39.1 Å². The molecule has 0 spiro atoms. The predicted molar refractivity (Wildman–Crippen MR) is 67.1 cm³/mol. The predicted octanol–water partition coefficient (Wildman–Crippen LogP) is 2.00. The molecule has 0 radical (unpaired) electrons. The fraction of sp³-hybridized carbons (Fsp3) is 0.923. The summed E-state index contributed by atoms with van der Waals surface area (Å²) < 4.78 is 0. The van der Waals surface area contributed by atoms with E-state index in [2.05, 4.69) is 30.1 Å². The van der Waals surface area contributed by atoms with Gasteiger partial charge in [-0.05, 0) is 51.7 Å². The number of hydrogen-bond donors (Lipinski definition) is 1. The first-order valence-corrected chi connectivity index (χ1v) is 6.55. The van der Waals surface area contributed by atoms with Crippen molar-refractivity contribution in [3.8, 4) is 6.07 Å². The van der Waals surface area contributed by atoms with Crippen molar-refractivity contribution in [3.63, 3.8) is 0 Å². The van der Waals surface area contributed by atoms with E-state index in [0.717, 1.165) is 32.5 Å². The first kappa shape index (κ1) is 13.5. The van der Waals surface area contributed by atoms with Crippen molar-refractivity contribution >= 4 is 0 Å². The molecule has 0 bridgehead atoms. The maximum atomic E-state index is 9.43. The average molecular weight is 223 g/mol. The van der Waals surface area contributed by atoms with E-state index in [9.17, 15) is 5.26 Å². The molecule has 92 valence electrons. The molecule has 0 saturated heterocycles. The van der Waals surface area contributed by atoms with Gasteiger partial charge in [-0.2, -0.15) is 5.26 Å². The van der Waals surface area contributed by atoms with Crippen molar-refractivity contribution in [2.45, 2.75) is 45.1 Å². The highest BCUT2D eigenvalue weighted by Crippen LogP contribution is 2.39. The zero-order valence-corrected chi connectivity index (χ0v) is 10.9. The number of rotatable bonds is 8. The van der Waals surface area contributed by atoms with E-state index in [1.54, 1.807) is 0 Å². The summed E-state index contributed by atoms with van der Waals surface area (Å²) >= 11 is 0. The Bertz CT molecular complexity index is 236. The van der Waals surface area contributed by atoms with Crippen molar-refractivity contribution in [1.82, 2.24) is 10.2 Å². The van der Waals surface area contributed by atoms with Gasteiger partial charge in [-0.25, -0.2) is 0 Å². The molecule has 0 aromatic heterocycles. The molecule has 1 rings (SSSR count). The van der Waals surface area contributed by atoms with Crippen molar-refractivity contribution in [1.29, 1.82) is 5.26 Å². The van der Waals surface area contributed by atoms with Gasteiger partial charge < -0.3 is 10.2 Å². The smallest absolute Gasteiger partial charge is 0.122 e. The Labute approximate surface area is 99.8 Å². The standard InChI is InChI=1S/C13H25N3/c1-4-8-16(9-5-2)11-13(10-14,15-3)12-6-7-12/h12,15H,4-9,11H2,1-3H3. The minimum Gasteiger partial charge on any atom is -0.301 e. The molecule has 1 aliphatic carbocycles. The quantitative estimate of drug-likeness (QED) is 0.684. The summed E-state index contributed by atoms with van der Waals surface area (Å²) in [5.74, 6) is 0.568. The van der Waals surface area contributed by atoms with Crippen LogP contribution in [0.4, 0.5) is 0 Å². The highest BCUT2D eigenvalue weighted by atomic mass is 15.2. The van der Waals surface area contributed by atoms with Gasteiger partial charge in [-0.3, -0.25) is 0 Å². The molecule has 1 atom stereocenters. The molecule has 1 aliphatic rings. The highest BCUT2D eigenvalue weighted by Gasteiger charge is 2.45. The lowest BCUT2D eigenvalue weighted by molar-refractivity contribution is 0.202. The van der Waals surface area contributed by atoms with Crippen molar-refractivity contribution in [2.24, 2.45) is 5.92 Å². The van der Waals surface area contributed by atoms with Crippen molar-refractivity contribution < 1.29 is 0 Å². The summed E-state index contributed by atoms with van der Waals surface area (Å²) in [7, 11) is 1.93. The Morgan fingerprint density at radius 2 is 1.88 bits per heavy atom. The summed E-state index contributed by atoms with van der Waals surface area (Å²) in [4.78, 5) is 2.43. The largest absolute Gasteiger partial charge is 0.301 e. The summed E-state index contributed by atoms with van der Waals surface area (Å²) in [6.07, 6.45) is 4.74. The number of nitriles is 1. The van der Waals surface area contributed by atoms with Crippen LogP contribution in [0.3, 0.4) is 0 Å². The molecule has 0 amide bonds. The molecule has 1 N–H and O–H groups in total. The second kappa shape index (κ2) is 6.22. The van der Waals surface area contributed by atoms with E-state index in [4.69, 9.17) is 0 Å². The van der Waals surface area contributed by atoms with E-state index in [1.165, 1.54) is 12.8 Å². The Hall–Kier alpha value is -0.590. The highest BCUT2D eigenvalue weighted by molar-refractivity contribution is 5.16. The van der Waals surface area contributed by atoms with Crippen LogP contribution in [0.1, 0.15) is 39.5 Å². The van der Waals surface area contributed by atoms with Crippen molar-refractivity contribution in [2.75, 3.05) is 26.7 Å². The van der Waals surface area contributed by atoms with Gasteiger partial charge in [0.05, 0.1) is 6.07 Å². The third-order valence-corrected chi connectivity index (χ3v) is 3.47. The normalized spacial score (nSPS) is 19.4. The summed E-state index contributed by atoms with van der Waals surface area (Å²) in [5, 5.41) is 12.7. The lowest BCUT2D eigenvalue weighted by Crippen LogP contribution is -2.53. The first-order valence-electron chi connectivity index (χ1n) is 6.55. The molecule has 1 fully saturated rings. The monoisotopic (exact) mass is 223 g/mol. The fourth-order valence-electron chi connectivity index (χ4n) is 2.43. The van der Waals surface area contributed by atoms with Crippen LogP contribution in [0.2, 0.25) is 0 Å². The molecule has 0 aromatic carbocycles. The van der Waals surface area contributed by atoms with E-state index in [0.29, 0.717) is 5.92 Å². The zero-order valence-electron chi connectivity index (χ0n) is 10.9. The molecule has 0 aliphatic heterocycles. The van der Waals surface area contributed by atoms with Crippen LogP contribution in [0.5, 0.6) is 0 Å². The Balaban J connectivity index is 2.61. The Morgan fingerprint density at radius 3 is 2.19 bits per heavy atom. The number of likely N-dealkylation sites (N-methyl/N-ethyl adjacent to an activating group) is 1. The molecule has 0 aromatic rings. The van der Waals surface area contributed by atoms with Crippen molar-refractivity contribution in [3.05, 3.63) is 0 Å². The molecule has 0 heterocycles. The van der Waals surface area contributed by atoms with Gasteiger partial charge in [0.1, 0.15) is 5.54 Å². The molecule has 1 saturated carbocycles. The van der Waals surface area contributed by atoms with E-state index >= 15 is 0 Å². The molecule has 1 unspecified atom stereocenters. The maximum absolute atomic E-state index is 9.43.